The number of nitrogens with one attached hydrogen (secondary N) is 2. The Labute approximate surface area is 178 Å². The van der Waals surface area contributed by atoms with Crippen LogP contribution in [-0.4, -0.2) is 57.1 Å². The molecule has 0 aliphatic carbocycles. The van der Waals surface area contributed by atoms with Crippen LogP contribution >= 0.6 is 12.2 Å². The second-order valence-corrected chi connectivity index (χ2v) is 7.26. The first-order chi connectivity index (χ1) is 14.2. The summed E-state index contributed by atoms with van der Waals surface area (Å²) in [5, 5.41) is 7.31. The molecule has 1 heterocycles. The van der Waals surface area contributed by atoms with Gasteiger partial charge < -0.3 is 24.8 Å². The fourth-order valence-corrected chi connectivity index (χ4v) is 3.51. The summed E-state index contributed by atoms with van der Waals surface area (Å²) in [6, 6.07) is 16.4. The van der Waals surface area contributed by atoms with Gasteiger partial charge in [0.1, 0.15) is 11.5 Å². The lowest BCUT2D eigenvalue weighted by molar-refractivity contribution is 0.0170. The summed E-state index contributed by atoms with van der Waals surface area (Å²) in [5.74, 6) is 1.71. The lowest BCUT2D eigenvalue weighted by Crippen LogP contribution is -2.45. The summed E-state index contributed by atoms with van der Waals surface area (Å²) in [7, 11) is 3.35. The van der Waals surface area contributed by atoms with Gasteiger partial charge in [-0.25, -0.2) is 0 Å². The van der Waals surface area contributed by atoms with Crippen LogP contribution in [0.25, 0.3) is 0 Å². The summed E-state index contributed by atoms with van der Waals surface area (Å²) in [4.78, 5) is 2.43. The van der Waals surface area contributed by atoms with Gasteiger partial charge in [-0.1, -0.05) is 24.3 Å². The molecule has 6 nitrogen and oxygen atoms in total. The van der Waals surface area contributed by atoms with Gasteiger partial charge in [0.2, 0.25) is 0 Å². The van der Waals surface area contributed by atoms with Gasteiger partial charge in [0, 0.05) is 26.2 Å². The van der Waals surface area contributed by atoms with E-state index in [1.165, 1.54) is 5.56 Å². The van der Waals surface area contributed by atoms with Crippen molar-refractivity contribution in [1.29, 1.82) is 0 Å². The molecule has 1 fully saturated rings. The van der Waals surface area contributed by atoms with Crippen LogP contribution in [-0.2, 0) is 11.3 Å². The zero-order valence-corrected chi connectivity index (χ0v) is 17.8. The van der Waals surface area contributed by atoms with Gasteiger partial charge >= 0.3 is 0 Å². The van der Waals surface area contributed by atoms with Crippen molar-refractivity contribution in [2.45, 2.75) is 12.6 Å². The van der Waals surface area contributed by atoms with Gasteiger partial charge in [0.15, 0.2) is 5.11 Å². The predicted molar refractivity (Wildman–Crippen MR) is 119 cm³/mol. The first-order valence-electron chi connectivity index (χ1n) is 9.80. The molecule has 1 saturated heterocycles. The summed E-state index contributed by atoms with van der Waals surface area (Å²) < 4.78 is 16.0. The lowest BCUT2D eigenvalue weighted by atomic mass is 10.0. The number of hydrogen-bond donors (Lipinski definition) is 2. The van der Waals surface area contributed by atoms with Gasteiger partial charge in [0.25, 0.3) is 0 Å². The van der Waals surface area contributed by atoms with E-state index in [0.29, 0.717) is 11.7 Å². The maximum Gasteiger partial charge on any atom is 0.166 e. The van der Waals surface area contributed by atoms with Crippen LogP contribution in [0.3, 0.4) is 0 Å². The highest BCUT2D eigenvalue weighted by Gasteiger charge is 2.22. The summed E-state index contributed by atoms with van der Waals surface area (Å²) in [6.45, 7) is 4.72. The number of morpholine rings is 1. The number of nitrogens with zero attached hydrogens (tertiary/aromatic N) is 1. The number of thiocarbonyl (C=S) groups is 1. The van der Waals surface area contributed by atoms with Crippen molar-refractivity contribution in [3.63, 3.8) is 0 Å². The Hall–Kier alpha value is -2.35. The highest BCUT2D eigenvalue weighted by atomic mass is 32.1. The number of ether oxygens (including phenoxy) is 3. The topological polar surface area (TPSA) is 55.0 Å². The number of rotatable bonds is 8. The van der Waals surface area contributed by atoms with Crippen LogP contribution in [0.4, 0.5) is 0 Å². The third-order valence-electron chi connectivity index (χ3n) is 5.06. The summed E-state index contributed by atoms with van der Waals surface area (Å²) in [6.07, 6.45) is 0. The van der Waals surface area contributed by atoms with Crippen LogP contribution in [0.15, 0.2) is 48.5 Å². The minimum Gasteiger partial charge on any atom is -0.497 e. The monoisotopic (exact) mass is 415 g/mol. The average Bonchev–Trinajstić information content (AvgIpc) is 2.79. The first-order valence-corrected chi connectivity index (χ1v) is 10.2. The third kappa shape index (κ3) is 6.32. The zero-order chi connectivity index (χ0) is 20.5. The third-order valence-corrected chi connectivity index (χ3v) is 5.34. The molecule has 0 aromatic heterocycles. The Morgan fingerprint density at radius 1 is 0.966 bits per heavy atom. The molecule has 1 atom stereocenters. The number of benzene rings is 2. The molecule has 0 bridgehead atoms. The SMILES string of the molecule is COc1ccc(CNC(=S)NC[C@@H](c2ccc(OC)cc2)N2CCOCC2)cc1. The molecule has 0 radical (unpaired) electrons. The van der Waals surface area contributed by atoms with Gasteiger partial charge in [-0.05, 0) is 47.6 Å². The normalized spacial score (nSPS) is 15.4. The Balaban J connectivity index is 1.56. The van der Waals surface area contributed by atoms with Crippen LogP contribution in [0.5, 0.6) is 11.5 Å². The minimum atomic E-state index is 0.213. The predicted octanol–water partition coefficient (Wildman–Crippen LogP) is 2.74. The molecule has 0 amide bonds. The molecule has 2 aromatic rings. The molecule has 3 rings (SSSR count). The molecule has 0 saturated carbocycles. The molecule has 1 aliphatic heterocycles. The molecule has 2 N–H and O–H groups in total. The standard InChI is InChI=1S/C22H29N3O3S/c1-26-19-7-3-17(4-8-19)15-23-22(29)24-16-21(25-11-13-28-14-12-25)18-5-9-20(27-2)10-6-18/h3-10,21H,11-16H2,1-2H3,(H2,23,24,29)/t21-/m0/s1. The van der Waals surface area contributed by atoms with Crippen molar-refractivity contribution < 1.29 is 14.2 Å². The quantitative estimate of drug-likeness (QED) is 0.643. The second kappa shape index (κ2) is 11.0. The van der Waals surface area contributed by atoms with E-state index in [0.717, 1.165) is 49.9 Å². The molecule has 0 unspecified atom stereocenters. The van der Waals surface area contributed by atoms with Crippen molar-refractivity contribution in [3.05, 3.63) is 59.7 Å². The van der Waals surface area contributed by atoms with Gasteiger partial charge in [-0.3, -0.25) is 4.90 Å². The molecule has 156 valence electrons. The van der Waals surface area contributed by atoms with Crippen molar-refractivity contribution in [2.24, 2.45) is 0 Å². The van der Waals surface area contributed by atoms with Crippen molar-refractivity contribution >= 4 is 17.3 Å². The smallest absolute Gasteiger partial charge is 0.166 e. The summed E-state index contributed by atoms with van der Waals surface area (Å²) in [5.41, 5.74) is 2.38. The van der Waals surface area contributed by atoms with Crippen molar-refractivity contribution in [3.8, 4) is 11.5 Å². The summed E-state index contributed by atoms with van der Waals surface area (Å²) >= 11 is 5.50. The maximum atomic E-state index is 5.52. The lowest BCUT2D eigenvalue weighted by Gasteiger charge is -2.35. The number of hydrogen-bond acceptors (Lipinski definition) is 5. The van der Waals surface area contributed by atoms with Crippen molar-refractivity contribution in [2.75, 3.05) is 47.1 Å². The maximum absolute atomic E-state index is 5.52. The molecular formula is C22H29N3O3S. The molecule has 7 heteroatoms. The zero-order valence-electron chi connectivity index (χ0n) is 17.0. The van der Waals surface area contributed by atoms with Crippen molar-refractivity contribution in [1.82, 2.24) is 15.5 Å². The van der Waals surface area contributed by atoms with E-state index in [1.54, 1.807) is 14.2 Å². The molecule has 29 heavy (non-hydrogen) atoms. The Morgan fingerprint density at radius 3 is 2.14 bits per heavy atom. The van der Waals surface area contributed by atoms with Gasteiger partial charge in [0.05, 0.1) is 33.5 Å². The Kier molecular flexibility index (Phi) is 8.10. The van der Waals surface area contributed by atoms with E-state index >= 15 is 0 Å². The van der Waals surface area contributed by atoms with Crippen LogP contribution in [0, 0.1) is 0 Å². The highest BCUT2D eigenvalue weighted by molar-refractivity contribution is 7.80. The highest BCUT2D eigenvalue weighted by Crippen LogP contribution is 2.23. The van der Waals surface area contributed by atoms with Gasteiger partial charge in [-0.2, -0.15) is 0 Å². The van der Waals surface area contributed by atoms with E-state index in [-0.39, 0.29) is 6.04 Å². The Morgan fingerprint density at radius 2 is 1.55 bits per heavy atom. The molecular weight excluding hydrogens is 386 g/mol. The van der Waals surface area contributed by atoms with Gasteiger partial charge in [-0.15, -0.1) is 0 Å². The molecule has 1 aliphatic rings. The van der Waals surface area contributed by atoms with E-state index in [1.807, 2.05) is 36.4 Å². The van der Waals surface area contributed by atoms with Crippen LogP contribution in [0.2, 0.25) is 0 Å². The minimum absolute atomic E-state index is 0.213. The molecule has 0 spiro atoms. The van der Waals surface area contributed by atoms with E-state index < -0.39 is 0 Å². The largest absolute Gasteiger partial charge is 0.497 e. The van der Waals surface area contributed by atoms with E-state index in [9.17, 15) is 0 Å². The fourth-order valence-electron chi connectivity index (χ4n) is 3.35. The fraction of sp³-hybridized carbons (Fsp3) is 0.409. The first kappa shape index (κ1) is 21.4. The average molecular weight is 416 g/mol. The second-order valence-electron chi connectivity index (χ2n) is 6.85. The van der Waals surface area contributed by atoms with Crippen LogP contribution in [0.1, 0.15) is 17.2 Å². The molecule has 2 aromatic carbocycles. The Bertz CT molecular complexity index is 762. The van der Waals surface area contributed by atoms with E-state index in [2.05, 4.69) is 27.7 Å². The number of methoxy groups -OCH3 is 2. The van der Waals surface area contributed by atoms with E-state index in [4.69, 9.17) is 26.4 Å². The van der Waals surface area contributed by atoms with Crippen LogP contribution < -0.4 is 20.1 Å².